The van der Waals surface area contributed by atoms with Crippen LogP contribution in [0.4, 0.5) is 8.78 Å². The first-order valence-corrected chi connectivity index (χ1v) is 5.08. The van der Waals surface area contributed by atoms with E-state index in [0.717, 1.165) is 0 Å². The molecule has 1 aromatic rings. The number of halogens is 2. The standard InChI is InChI=1S/C11H13F2NO2/c1-15-8-3-2-7(12)10(11(8)13)9-6-14-4-5-16-9/h2-3,9,14H,4-6H2,1H3. The molecule has 1 unspecified atom stereocenters. The number of morpholine rings is 1. The van der Waals surface area contributed by atoms with E-state index in [1.165, 1.54) is 19.2 Å². The maximum atomic E-state index is 13.8. The van der Waals surface area contributed by atoms with Gasteiger partial charge in [-0.05, 0) is 12.1 Å². The summed E-state index contributed by atoms with van der Waals surface area (Å²) in [5.74, 6) is -1.26. The van der Waals surface area contributed by atoms with Gasteiger partial charge in [-0.2, -0.15) is 0 Å². The molecule has 3 nitrogen and oxygen atoms in total. The molecule has 1 N–H and O–H groups in total. The Bertz CT molecular complexity index is 378. The fraction of sp³-hybridized carbons (Fsp3) is 0.455. The van der Waals surface area contributed by atoms with E-state index in [0.29, 0.717) is 19.7 Å². The van der Waals surface area contributed by atoms with E-state index < -0.39 is 17.7 Å². The SMILES string of the molecule is COc1ccc(F)c(C2CNCCO2)c1F. The van der Waals surface area contributed by atoms with Crippen molar-refractivity contribution in [2.75, 3.05) is 26.8 Å². The van der Waals surface area contributed by atoms with E-state index in [-0.39, 0.29) is 11.3 Å². The monoisotopic (exact) mass is 229 g/mol. The Morgan fingerprint density at radius 2 is 2.25 bits per heavy atom. The van der Waals surface area contributed by atoms with Gasteiger partial charge >= 0.3 is 0 Å². The van der Waals surface area contributed by atoms with Crippen LogP contribution in [0.5, 0.6) is 5.75 Å². The van der Waals surface area contributed by atoms with Crippen molar-refractivity contribution in [1.82, 2.24) is 5.32 Å². The third-order valence-electron chi connectivity index (χ3n) is 2.56. The molecule has 1 aromatic carbocycles. The van der Waals surface area contributed by atoms with E-state index >= 15 is 0 Å². The molecule has 1 saturated heterocycles. The zero-order chi connectivity index (χ0) is 11.5. The van der Waals surface area contributed by atoms with Crippen LogP contribution in [-0.4, -0.2) is 26.8 Å². The van der Waals surface area contributed by atoms with Crippen molar-refractivity contribution in [3.05, 3.63) is 29.3 Å². The average Bonchev–Trinajstić information content (AvgIpc) is 2.31. The first-order valence-electron chi connectivity index (χ1n) is 5.08. The second kappa shape index (κ2) is 4.76. The predicted molar refractivity (Wildman–Crippen MR) is 54.5 cm³/mol. The summed E-state index contributed by atoms with van der Waals surface area (Å²) in [4.78, 5) is 0. The number of rotatable bonds is 2. The van der Waals surface area contributed by atoms with Crippen molar-refractivity contribution in [2.24, 2.45) is 0 Å². The molecule has 0 saturated carbocycles. The molecule has 0 amide bonds. The van der Waals surface area contributed by atoms with Crippen LogP contribution in [0.2, 0.25) is 0 Å². The highest BCUT2D eigenvalue weighted by molar-refractivity contribution is 5.34. The van der Waals surface area contributed by atoms with Crippen LogP contribution in [0.3, 0.4) is 0 Å². The minimum absolute atomic E-state index is 0.0329. The molecule has 0 aliphatic carbocycles. The van der Waals surface area contributed by atoms with Crippen LogP contribution in [0.25, 0.3) is 0 Å². The Labute approximate surface area is 92.4 Å². The first kappa shape index (κ1) is 11.3. The molecule has 1 heterocycles. The van der Waals surface area contributed by atoms with E-state index in [2.05, 4.69) is 5.32 Å². The van der Waals surface area contributed by atoms with Gasteiger partial charge in [0.05, 0.1) is 19.3 Å². The highest BCUT2D eigenvalue weighted by atomic mass is 19.1. The lowest BCUT2D eigenvalue weighted by atomic mass is 10.1. The van der Waals surface area contributed by atoms with Crippen molar-refractivity contribution in [2.45, 2.75) is 6.10 Å². The molecule has 16 heavy (non-hydrogen) atoms. The van der Waals surface area contributed by atoms with Crippen LogP contribution >= 0.6 is 0 Å². The molecular weight excluding hydrogens is 216 g/mol. The van der Waals surface area contributed by atoms with Crippen molar-refractivity contribution in [3.8, 4) is 5.75 Å². The van der Waals surface area contributed by atoms with Crippen LogP contribution in [0.15, 0.2) is 12.1 Å². The van der Waals surface area contributed by atoms with Crippen molar-refractivity contribution >= 4 is 0 Å². The zero-order valence-electron chi connectivity index (χ0n) is 8.93. The molecule has 1 aliphatic heterocycles. The fourth-order valence-electron chi connectivity index (χ4n) is 1.75. The summed E-state index contributed by atoms with van der Waals surface area (Å²) >= 11 is 0. The number of nitrogens with one attached hydrogen (secondary N) is 1. The number of methoxy groups -OCH3 is 1. The highest BCUT2D eigenvalue weighted by Crippen LogP contribution is 2.30. The van der Waals surface area contributed by atoms with Crippen molar-refractivity contribution < 1.29 is 18.3 Å². The summed E-state index contributed by atoms with van der Waals surface area (Å²) in [7, 11) is 1.35. The Kier molecular flexibility index (Phi) is 3.36. The molecule has 0 spiro atoms. The normalized spacial score (nSPS) is 20.8. The molecule has 2 rings (SSSR count). The van der Waals surface area contributed by atoms with E-state index in [1.54, 1.807) is 0 Å². The number of benzene rings is 1. The van der Waals surface area contributed by atoms with Gasteiger partial charge < -0.3 is 14.8 Å². The van der Waals surface area contributed by atoms with Crippen LogP contribution < -0.4 is 10.1 Å². The van der Waals surface area contributed by atoms with Gasteiger partial charge in [-0.1, -0.05) is 0 Å². The lowest BCUT2D eigenvalue weighted by Crippen LogP contribution is -2.34. The number of ether oxygens (including phenoxy) is 2. The van der Waals surface area contributed by atoms with Gasteiger partial charge in [0.1, 0.15) is 11.9 Å². The molecule has 0 aromatic heterocycles. The topological polar surface area (TPSA) is 30.5 Å². The van der Waals surface area contributed by atoms with Crippen molar-refractivity contribution in [1.29, 1.82) is 0 Å². The van der Waals surface area contributed by atoms with Crippen LogP contribution in [-0.2, 0) is 4.74 Å². The third kappa shape index (κ3) is 2.01. The molecule has 1 aliphatic rings. The highest BCUT2D eigenvalue weighted by Gasteiger charge is 2.25. The maximum absolute atomic E-state index is 13.8. The number of hydrogen-bond acceptors (Lipinski definition) is 3. The van der Waals surface area contributed by atoms with Gasteiger partial charge in [0, 0.05) is 13.1 Å². The van der Waals surface area contributed by atoms with Crippen LogP contribution in [0, 0.1) is 11.6 Å². The Morgan fingerprint density at radius 1 is 1.44 bits per heavy atom. The summed E-state index contributed by atoms with van der Waals surface area (Å²) in [5, 5.41) is 3.03. The Balaban J connectivity index is 2.37. The molecule has 0 radical (unpaired) electrons. The molecule has 0 bridgehead atoms. The summed E-state index contributed by atoms with van der Waals surface area (Å²) in [6.45, 7) is 1.55. The van der Waals surface area contributed by atoms with Gasteiger partial charge in [-0.15, -0.1) is 0 Å². The first-order chi connectivity index (χ1) is 7.74. The molecule has 1 fully saturated rings. The van der Waals surface area contributed by atoms with Crippen molar-refractivity contribution in [3.63, 3.8) is 0 Å². The Hall–Kier alpha value is -1.20. The Morgan fingerprint density at radius 3 is 2.88 bits per heavy atom. The molecular formula is C11H13F2NO2. The van der Waals surface area contributed by atoms with Gasteiger partial charge in [0.15, 0.2) is 11.6 Å². The van der Waals surface area contributed by atoms with Gasteiger partial charge in [0.2, 0.25) is 0 Å². The zero-order valence-corrected chi connectivity index (χ0v) is 8.93. The lowest BCUT2D eigenvalue weighted by Gasteiger charge is -2.25. The predicted octanol–water partition coefficient (Wildman–Crippen LogP) is 1.63. The molecule has 5 heteroatoms. The van der Waals surface area contributed by atoms with E-state index in [4.69, 9.17) is 9.47 Å². The second-order valence-corrected chi connectivity index (χ2v) is 3.54. The average molecular weight is 229 g/mol. The maximum Gasteiger partial charge on any atom is 0.173 e. The summed E-state index contributed by atoms with van der Waals surface area (Å²) in [6.07, 6.45) is -0.594. The van der Waals surface area contributed by atoms with Gasteiger partial charge in [-0.3, -0.25) is 0 Å². The molecule has 88 valence electrons. The minimum Gasteiger partial charge on any atom is -0.494 e. The van der Waals surface area contributed by atoms with Gasteiger partial charge in [0.25, 0.3) is 0 Å². The minimum atomic E-state index is -0.684. The molecule has 1 atom stereocenters. The summed E-state index contributed by atoms with van der Waals surface area (Å²) in [5.41, 5.74) is -0.0634. The quantitative estimate of drug-likeness (QED) is 0.836. The third-order valence-corrected chi connectivity index (χ3v) is 2.56. The second-order valence-electron chi connectivity index (χ2n) is 3.54. The smallest absolute Gasteiger partial charge is 0.173 e. The van der Waals surface area contributed by atoms with Crippen LogP contribution in [0.1, 0.15) is 11.7 Å². The number of hydrogen-bond donors (Lipinski definition) is 1. The summed E-state index contributed by atoms with van der Waals surface area (Å²) in [6, 6.07) is 2.46. The largest absolute Gasteiger partial charge is 0.494 e. The lowest BCUT2D eigenvalue weighted by molar-refractivity contribution is 0.0229. The van der Waals surface area contributed by atoms with E-state index in [1.807, 2.05) is 0 Å². The summed E-state index contributed by atoms with van der Waals surface area (Å²) < 4.78 is 37.5. The fourth-order valence-corrected chi connectivity index (χ4v) is 1.75. The van der Waals surface area contributed by atoms with E-state index in [9.17, 15) is 8.78 Å². The van der Waals surface area contributed by atoms with Gasteiger partial charge in [-0.25, -0.2) is 8.78 Å².